The number of pyridine rings is 1. The number of anilines is 1. The van der Waals surface area contributed by atoms with Crippen LogP contribution < -0.4 is 10.6 Å². The number of carbonyl (C=O) groups is 1. The molecule has 0 spiro atoms. The van der Waals surface area contributed by atoms with E-state index in [2.05, 4.69) is 15.6 Å². The third-order valence-electron chi connectivity index (χ3n) is 4.72. The Morgan fingerprint density at radius 1 is 1.15 bits per heavy atom. The average molecular weight is 373 g/mol. The molecule has 2 amide bonds. The second kappa shape index (κ2) is 7.86. The van der Waals surface area contributed by atoms with Crippen LogP contribution in [-0.2, 0) is 9.84 Å². The summed E-state index contributed by atoms with van der Waals surface area (Å²) >= 11 is 0. The van der Waals surface area contributed by atoms with E-state index in [4.69, 9.17) is 0 Å². The van der Waals surface area contributed by atoms with Gasteiger partial charge in [-0.15, -0.1) is 0 Å². The van der Waals surface area contributed by atoms with Crippen LogP contribution in [-0.4, -0.2) is 24.7 Å². The summed E-state index contributed by atoms with van der Waals surface area (Å²) in [5, 5.41) is 5.24. The maximum absolute atomic E-state index is 12.7. The number of sulfone groups is 1. The van der Waals surface area contributed by atoms with Crippen molar-refractivity contribution < 1.29 is 13.2 Å². The summed E-state index contributed by atoms with van der Waals surface area (Å²) in [6.07, 6.45) is 6.67. The third kappa shape index (κ3) is 4.22. The monoisotopic (exact) mass is 373 g/mol. The summed E-state index contributed by atoms with van der Waals surface area (Å²) in [5.41, 5.74) is 1.40. The fourth-order valence-electron chi connectivity index (χ4n) is 3.24. The van der Waals surface area contributed by atoms with E-state index in [9.17, 15) is 13.2 Å². The molecule has 1 heterocycles. The summed E-state index contributed by atoms with van der Waals surface area (Å²) < 4.78 is 25.4. The molecule has 1 saturated carbocycles. The van der Waals surface area contributed by atoms with Crippen molar-refractivity contribution in [1.29, 1.82) is 0 Å². The molecular weight excluding hydrogens is 350 g/mol. The lowest BCUT2D eigenvalue weighted by Gasteiger charge is -2.16. The molecular formula is C19H23N3O3S. The van der Waals surface area contributed by atoms with Crippen molar-refractivity contribution in [2.45, 2.75) is 48.8 Å². The van der Waals surface area contributed by atoms with Crippen LogP contribution in [0.25, 0.3) is 0 Å². The molecule has 2 N–H and O–H groups in total. The van der Waals surface area contributed by atoms with Gasteiger partial charge in [0.2, 0.25) is 0 Å². The topological polar surface area (TPSA) is 88.2 Å². The summed E-state index contributed by atoms with van der Waals surface area (Å²) in [6.45, 7) is 1.87. The molecule has 0 unspecified atom stereocenters. The molecule has 0 saturated heterocycles. The lowest BCUT2D eigenvalue weighted by atomic mass is 10.1. The number of hydrogen-bond acceptors (Lipinski definition) is 4. The van der Waals surface area contributed by atoms with Crippen LogP contribution in [0.2, 0.25) is 0 Å². The maximum Gasteiger partial charge on any atom is 0.319 e. The van der Waals surface area contributed by atoms with Crippen LogP contribution in [0.5, 0.6) is 0 Å². The van der Waals surface area contributed by atoms with E-state index in [-0.39, 0.29) is 22.2 Å². The number of hydrogen-bond donors (Lipinski definition) is 2. The SMILES string of the molecule is C[C@H](NC(=O)Nc1cccc(S(=O)(=O)C2CCCC2)c1)c1ccncc1. The molecule has 1 aromatic carbocycles. The van der Waals surface area contributed by atoms with Crippen molar-refractivity contribution >= 4 is 21.6 Å². The number of carbonyl (C=O) groups excluding carboxylic acids is 1. The number of urea groups is 1. The van der Waals surface area contributed by atoms with Gasteiger partial charge in [-0.05, 0) is 55.7 Å². The second-order valence-corrected chi connectivity index (χ2v) is 8.81. The summed E-state index contributed by atoms with van der Waals surface area (Å²) in [5.74, 6) is 0. The first-order chi connectivity index (χ1) is 12.5. The Morgan fingerprint density at radius 2 is 1.85 bits per heavy atom. The lowest BCUT2D eigenvalue weighted by molar-refractivity contribution is 0.249. The minimum Gasteiger partial charge on any atom is -0.331 e. The highest BCUT2D eigenvalue weighted by Crippen LogP contribution is 2.30. The van der Waals surface area contributed by atoms with Crippen molar-refractivity contribution in [3.8, 4) is 0 Å². The largest absolute Gasteiger partial charge is 0.331 e. The molecule has 3 rings (SSSR count). The van der Waals surface area contributed by atoms with E-state index in [1.54, 1.807) is 30.6 Å². The number of rotatable bonds is 5. The molecule has 7 heteroatoms. The van der Waals surface area contributed by atoms with Gasteiger partial charge in [0.1, 0.15) is 0 Å². The van der Waals surface area contributed by atoms with E-state index >= 15 is 0 Å². The first-order valence-corrected chi connectivity index (χ1v) is 10.3. The van der Waals surface area contributed by atoms with E-state index in [1.165, 1.54) is 6.07 Å². The summed E-state index contributed by atoms with van der Waals surface area (Å²) in [4.78, 5) is 16.4. The Bertz CT molecular complexity index is 863. The van der Waals surface area contributed by atoms with E-state index in [1.807, 2.05) is 19.1 Å². The van der Waals surface area contributed by atoms with Gasteiger partial charge in [-0.25, -0.2) is 13.2 Å². The zero-order valence-electron chi connectivity index (χ0n) is 14.7. The second-order valence-electron chi connectivity index (χ2n) is 6.58. The molecule has 2 aromatic rings. The van der Waals surface area contributed by atoms with E-state index in [0.29, 0.717) is 18.5 Å². The van der Waals surface area contributed by atoms with Gasteiger partial charge in [0.05, 0.1) is 16.2 Å². The van der Waals surface area contributed by atoms with Crippen molar-refractivity contribution in [2.75, 3.05) is 5.32 Å². The highest BCUT2D eigenvalue weighted by molar-refractivity contribution is 7.92. The van der Waals surface area contributed by atoms with Gasteiger partial charge in [-0.3, -0.25) is 4.98 Å². The fourth-order valence-corrected chi connectivity index (χ4v) is 5.14. The van der Waals surface area contributed by atoms with Gasteiger partial charge >= 0.3 is 6.03 Å². The molecule has 6 nitrogen and oxygen atoms in total. The van der Waals surface area contributed by atoms with Gasteiger partial charge in [0.25, 0.3) is 0 Å². The Hall–Kier alpha value is -2.41. The molecule has 1 aliphatic carbocycles. The van der Waals surface area contributed by atoms with Crippen LogP contribution in [0.3, 0.4) is 0 Å². The highest BCUT2D eigenvalue weighted by atomic mass is 32.2. The molecule has 1 aromatic heterocycles. The minimum atomic E-state index is -3.34. The predicted molar refractivity (Wildman–Crippen MR) is 101 cm³/mol. The summed E-state index contributed by atoms with van der Waals surface area (Å²) in [6, 6.07) is 9.56. The van der Waals surface area contributed by atoms with Gasteiger partial charge < -0.3 is 10.6 Å². The normalized spacial score (nSPS) is 16.2. The van der Waals surface area contributed by atoms with E-state index < -0.39 is 9.84 Å². The maximum atomic E-state index is 12.7. The number of nitrogens with zero attached hydrogens (tertiary/aromatic N) is 1. The molecule has 138 valence electrons. The van der Waals surface area contributed by atoms with Crippen LogP contribution in [0.1, 0.15) is 44.2 Å². The zero-order valence-corrected chi connectivity index (χ0v) is 15.5. The zero-order chi connectivity index (χ0) is 18.6. The number of aromatic nitrogens is 1. The first kappa shape index (κ1) is 18.4. The highest BCUT2D eigenvalue weighted by Gasteiger charge is 2.30. The summed E-state index contributed by atoms with van der Waals surface area (Å²) in [7, 11) is -3.34. The van der Waals surface area contributed by atoms with Crippen molar-refractivity contribution in [2.24, 2.45) is 0 Å². The van der Waals surface area contributed by atoms with Gasteiger partial charge in [0, 0.05) is 18.1 Å². The van der Waals surface area contributed by atoms with E-state index in [0.717, 1.165) is 18.4 Å². The number of amides is 2. The molecule has 0 radical (unpaired) electrons. The molecule has 26 heavy (non-hydrogen) atoms. The molecule has 1 fully saturated rings. The Balaban J connectivity index is 1.67. The van der Waals surface area contributed by atoms with Crippen LogP contribution in [0.4, 0.5) is 10.5 Å². The number of nitrogens with one attached hydrogen (secondary N) is 2. The number of benzene rings is 1. The first-order valence-electron chi connectivity index (χ1n) is 8.78. The standard InChI is InChI=1S/C19H23N3O3S/c1-14(15-9-11-20-12-10-15)21-19(23)22-16-5-4-8-18(13-16)26(24,25)17-6-2-3-7-17/h4-5,8-14,17H,2-3,6-7H2,1H3,(H2,21,22,23)/t14-/m0/s1. The molecule has 0 bridgehead atoms. The minimum absolute atomic E-state index is 0.191. The predicted octanol–water partition coefficient (Wildman–Crippen LogP) is 3.68. The fraction of sp³-hybridized carbons (Fsp3) is 0.368. The van der Waals surface area contributed by atoms with Crippen molar-refractivity contribution in [3.63, 3.8) is 0 Å². The smallest absolute Gasteiger partial charge is 0.319 e. The Kier molecular flexibility index (Phi) is 5.56. The Morgan fingerprint density at radius 3 is 2.54 bits per heavy atom. The Labute approximate surface area is 154 Å². The molecule has 1 atom stereocenters. The van der Waals surface area contributed by atoms with Gasteiger partial charge in [-0.2, -0.15) is 0 Å². The molecule has 1 aliphatic rings. The van der Waals surface area contributed by atoms with Crippen LogP contribution in [0, 0.1) is 0 Å². The van der Waals surface area contributed by atoms with Crippen LogP contribution >= 0.6 is 0 Å². The third-order valence-corrected chi connectivity index (χ3v) is 6.98. The van der Waals surface area contributed by atoms with Crippen LogP contribution in [0.15, 0.2) is 53.7 Å². The van der Waals surface area contributed by atoms with Gasteiger partial charge in [0.15, 0.2) is 9.84 Å². The van der Waals surface area contributed by atoms with Gasteiger partial charge in [-0.1, -0.05) is 18.9 Å². The average Bonchev–Trinajstić information content (AvgIpc) is 3.18. The quantitative estimate of drug-likeness (QED) is 0.837. The van der Waals surface area contributed by atoms with Crippen molar-refractivity contribution in [3.05, 3.63) is 54.4 Å². The lowest BCUT2D eigenvalue weighted by Crippen LogP contribution is -2.31. The molecule has 0 aliphatic heterocycles. The van der Waals surface area contributed by atoms with Crippen molar-refractivity contribution in [1.82, 2.24) is 10.3 Å².